The summed E-state index contributed by atoms with van der Waals surface area (Å²) in [5.41, 5.74) is 8.02. The molecule has 3 atom stereocenters. The van der Waals surface area contributed by atoms with E-state index in [-0.39, 0.29) is 6.10 Å². The van der Waals surface area contributed by atoms with Crippen LogP contribution in [0.15, 0.2) is 32.8 Å². The van der Waals surface area contributed by atoms with E-state index in [1.807, 2.05) is 0 Å². The van der Waals surface area contributed by atoms with Crippen LogP contribution in [0.5, 0.6) is 0 Å². The zero-order valence-corrected chi connectivity index (χ0v) is 17.9. The molecule has 158 valence electrons. The van der Waals surface area contributed by atoms with Gasteiger partial charge in [-0.3, -0.25) is 4.21 Å². The summed E-state index contributed by atoms with van der Waals surface area (Å²) in [6, 6.07) is 0. The van der Waals surface area contributed by atoms with Gasteiger partial charge < -0.3 is 24.9 Å². The quantitative estimate of drug-likeness (QED) is 0.415. The molecule has 4 N–H and O–H groups in total. The number of allylic oxidation sites excluding steroid dienone is 1. The molecule has 0 saturated carbocycles. The standard InChI is InChI=1S/C18H26N6O3S2/c1-2-11-8-12-4-7-27-13(12)9-14(11)28-18-23-15-16(19)20-10-21-17(15)24(18)6-3-5-22-29(25)26/h8-9,12-13,21-22H,2-7,10H2,1H3,(H2,19,20)(H,25,26)/p-1. The fraction of sp³-hybridized carbons (Fsp3) is 0.556. The Hall–Kier alpha value is -1.66. The zero-order valence-electron chi connectivity index (χ0n) is 16.2. The molecule has 1 fully saturated rings. The molecule has 3 unspecified atom stereocenters. The highest BCUT2D eigenvalue weighted by Crippen LogP contribution is 2.41. The van der Waals surface area contributed by atoms with E-state index in [9.17, 15) is 8.76 Å². The summed E-state index contributed by atoms with van der Waals surface area (Å²) in [7, 11) is 0. The topological polar surface area (TPSA) is 130 Å². The van der Waals surface area contributed by atoms with E-state index in [0.29, 0.717) is 43.6 Å². The summed E-state index contributed by atoms with van der Waals surface area (Å²) in [6.07, 6.45) is 7.33. The number of rotatable bonds is 8. The van der Waals surface area contributed by atoms with Crippen molar-refractivity contribution in [2.45, 2.75) is 44.0 Å². The number of nitrogens with two attached hydrogens (primary N) is 1. The first-order chi connectivity index (χ1) is 14.1. The van der Waals surface area contributed by atoms with Crippen LogP contribution >= 0.6 is 11.8 Å². The summed E-state index contributed by atoms with van der Waals surface area (Å²) in [4.78, 5) is 10.1. The summed E-state index contributed by atoms with van der Waals surface area (Å²) in [6.45, 7) is 4.32. The molecule has 1 aliphatic carbocycles. The second-order valence-corrected chi connectivity index (χ2v) is 8.84. The Balaban J connectivity index is 1.60. The smallest absolute Gasteiger partial charge is 0.175 e. The van der Waals surface area contributed by atoms with Gasteiger partial charge in [0.15, 0.2) is 5.16 Å². The van der Waals surface area contributed by atoms with Crippen molar-refractivity contribution in [3.8, 4) is 0 Å². The first-order valence-corrected chi connectivity index (χ1v) is 11.7. The predicted molar refractivity (Wildman–Crippen MR) is 113 cm³/mol. The maximum Gasteiger partial charge on any atom is 0.175 e. The van der Waals surface area contributed by atoms with Crippen molar-refractivity contribution in [1.29, 1.82) is 0 Å². The lowest BCUT2D eigenvalue weighted by Crippen LogP contribution is -2.24. The highest BCUT2D eigenvalue weighted by atomic mass is 32.2. The largest absolute Gasteiger partial charge is 0.760 e. The highest BCUT2D eigenvalue weighted by Gasteiger charge is 2.31. The highest BCUT2D eigenvalue weighted by molar-refractivity contribution is 8.03. The number of ether oxygens (including phenoxy) is 1. The molecule has 11 heteroatoms. The number of aromatic nitrogens is 2. The third-order valence-electron chi connectivity index (χ3n) is 5.26. The molecule has 3 heterocycles. The Kier molecular flexibility index (Phi) is 6.40. The fourth-order valence-electron chi connectivity index (χ4n) is 3.81. The summed E-state index contributed by atoms with van der Waals surface area (Å²) < 4.78 is 31.8. The van der Waals surface area contributed by atoms with E-state index >= 15 is 0 Å². The molecule has 1 aromatic heterocycles. The Labute approximate surface area is 176 Å². The Morgan fingerprint density at radius 1 is 1.52 bits per heavy atom. The lowest BCUT2D eigenvalue weighted by Gasteiger charge is -2.23. The van der Waals surface area contributed by atoms with Crippen LogP contribution in [0, 0.1) is 5.92 Å². The van der Waals surface area contributed by atoms with E-state index in [2.05, 4.69) is 38.7 Å². The van der Waals surface area contributed by atoms with E-state index in [0.717, 1.165) is 35.3 Å². The maximum atomic E-state index is 10.7. The normalized spacial score (nSPS) is 24.1. The molecular formula is C18H25N6O3S2-. The van der Waals surface area contributed by atoms with Crippen LogP contribution in [0.25, 0.3) is 0 Å². The van der Waals surface area contributed by atoms with Crippen LogP contribution in [-0.2, 0) is 22.5 Å². The first-order valence-electron chi connectivity index (χ1n) is 9.76. The fourth-order valence-corrected chi connectivity index (χ4v) is 5.29. The zero-order chi connectivity index (χ0) is 20.4. The van der Waals surface area contributed by atoms with Crippen molar-refractivity contribution in [3.63, 3.8) is 0 Å². The number of hydrogen-bond acceptors (Lipinski definition) is 8. The molecular weight excluding hydrogens is 412 g/mol. The number of imidazole rings is 1. The molecule has 0 aromatic carbocycles. The number of aliphatic imine (C=N–C) groups is 1. The van der Waals surface area contributed by atoms with E-state index < -0.39 is 11.3 Å². The number of amidine groups is 1. The number of hydrogen-bond donors (Lipinski definition) is 3. The van der Waals surface area contributed by atoms with Crippen LogP contribution in [-0.4, -0.2) is 50.1 Å². The molecule has 0 spiro atoms. The van der Waals surface area contributed by atoms with E-state index in [4.69, 9.17) is 15.5 Å². The lowest BCUT2D eigenvalue weighted by atomic mass is 9.92. The average Bonchev–Trinajstić information content (AvgIpc) is 3.29. The van der Waals surface area contributed by atoms with Crippen LogP contribution in [0.1, 0.15) is 31.9 Å². The number of nitrogens with one attached hydrogen (secondary N) is 2. The number of thioether (sulfide) groups is 1. The second kappa shape index (κ2) is 9.00. The van der Waals surface area contributed by atoms with Gasteiger partial charge in [-0.15, -0.1) is 0 Å². The van der Waals surface area contributed by atoms with Gasteiger partial charge in [0.25, 0.3) is 0 Å². The van der Waals surface area contributed by atoms with Crippen molar-refractivity contribution in [1.82, 2.24) is 14.3 Å². The third-order valence-corrected chi connectivity index (χ3v) is 6.81. The Morgan fingerprint density at radius 3 is 3.17 bits per heavy atom. The van der Waals surface area contributed by atoms with Gasteiger partial charge in [-0.25, -0.2) is 14.7 Å². The lowest BCUT2D eigenvalue weighted by molar-refractivity contribution is 0.134. The molecule has 0 radical (unpaired) electrons. The van der Waals surface area contributed by atoms with Gasteiger partial charge in [0.2, 0.25) is 0 Å². The average molecular weight is 438 g/mol. The van der Waals surface area contributed by atoms with Crippen molar-refractivity contribution in [2.24, 2.45) is 16.6 Å². The van der Waals surface area contributed by atoms with Gasteiger partial charge in [-0.05, 0) is 30.9 Å². The molecule has 9 nitrogen and oxygen atoms in total. The van der Waals surface area contributed by atoms with Gasteiger partial charge in [0.05, 0.1) is 6.10 Å². The van der Waals surface area contributed by atoms with Crippen LogP contribution in [0.3, 0.4) is 0 Å². The molecule has 0 amide bonds. The number of nitrogens with zero attached hydrogens (tertiary/aromatic N) is 3. The summed E-state index contributed by atoms with van der Waals surface area (Å²) in [5, 5.41) is 4.06. The van der Waals surface area contributed by atoms with Crippen molar-refractivity contribution in [3.05, 3.63) is 28.3 Å². The van der Waals surface area contributed by atoms with E-state index in [1.165, 1.54) is 5.57 Å². The van der Waals surface area contributed by atoms with E-state index in [1.54, 1.807) is 11.8 Å². The number of fused-ring (bicyclic) bond motifs is 2. The minimum Gasteiger partial charge on any atom is -0.760 e. The van der Waals surface area contributed by atoms with Crippen LogP contribution in [0.4, 0.5) is 5.82 Å². The predicted octanol–water partition coefficient (Wildman–Crippen LogP) is 1.48. The van der Waals surface area contributed by atoms with Crippen LogP contribution in [0.2, 0.25) is 0 Å². The molecule has 1 aromatic rings. The first kappa shape index (κ1) is 20.6. The van der Waals surface area contributed by atoms with Gasteiger partial charge in [-0.2, -0.15) is 0 Å². The van der Waals surface area contributed by atoms with Gasteiger partial charge in [0.1, 0.15) is 24.0 Å². The molecule has 4 rings (SSSR count). The SMILES string of the molecule is CCC1=CC2CCOC2C=C1Sc1nc2c(n1CCCNS(=O)[O-])NCN=C2N. The summed E-state index contributed by atoms with van der Waals surface area (Å²) >= 11 is -0.652. The second-order valence-electron chi connectivity index (χ2n) is 7.07. The van der Waals surface area contributed by atoms with Crippen molar-refractivity contribution < 1.29 is 13.5 Å². The van der Waals surface area contributed by atoms with Gasteiger partial charge >= 0.3 is 0 Å². The van der Waals surface area contributed by atoms with Crippen molar-refractivity contribution >= 4 is 34.7 Å². The molecule has 3 aliphatic rings. The number of anilines is 1. The minimum absolute atomic E-state index is 0.131. The summed E-state index contributed by atoms with van der Waals surface area (Å²) in [5.74, 6) is 1.71. The molecule has 29 heavy (non-hydrogen) atoms. The monoisotopic (exact) mass is 437 g/mol. The minimum atomic E-state index is -2.26. The Bertz CT molecular complexity index is 894. The molecule has 2 aliphatic heterocycles. The van der Waals surface area contributed by atoms with Gasteiger partial charge in [-0.1, -0.05) is 24.8 Å². The van der Waals surface area contributed by atoms with Gasteiger partial charge in [0, 0.05) is 41.8 Å². The molecule has 1 saturated heterocycles. The Morgan fingerprint density at radius 2 is 2.38 bits per heavy atom. The maximum absolute atomic E-state index is 10.7. The molecule has 0 bridgehead atoms. The third kappa shape index (κ3) is 4.43. The van der Waals surface area contributed by atoms with Crippen molar-refractivity contribution in [2.75, 3.05) is 25.1 Å². The van der Waals surface area contributed by atoms with Crippen LogP contribution < -0.4 is 15.8 Å².